The van der Waals surface area contributed by atoms with Gasteiger partial charge in [-0.1, -0.05) is 36.7 Å². The second-order valence-corrected chi connectivity index (χ2v) is 3.90. The quantitative estimate of drug-likeness (QED) is 0.784. The van der Waals surface area contributed by atoms with Gasteiger partial charge in [0.15, 0.2) is 0 Å². The van der Waals surface area contributed by atoms with E-state index in [2.05, 4.69) is 11.9 Å². The zero-order valence-corrected chi connectivity index (χ0v) is 9.85. The Hall–Kier alpha value is -1.54. The SMILES string of the molecule is CCC(=Cn1ccnc1)c1ccccc1Cl. The zero-order valence-electron chi connectivity index (χ0n) is 9.10. The molecule has 0 aliphatic rings. The van der Waals surface area contributed by atoms with Crippen LogP contribution in [0.2, 0.25) is 5.02 Å². The standard InChI is InChI=1S/C13H13ClN2/c1-2-11(9-16-8-7-15-10-16)12-5-3-4-6-13(12)14/h3-10H,2H2,1H3. The first kappa shape index (κ1) is 11.0. The van der Waals surface area contributed by atoms with E-state index in [1.54, 1.807) is 12.5 Å². The molecule has 0 saturated carbocycles. The number of aromatic nitrogens is 2. The van der Waals surface area contributed by atoms with Gasteiger partial charge >= 0.3 is 0 Å². The van der Waals surface area contributed by atoms with Crippen LogP contribution in [0.3, 0.4) is 0 Å². The summed E-state index contributed by atoms with van der Waals surface area (Å²) in [7, 11) is 0. The molecule has 0 spiro atoms. The summed E-state index contributed by atoms with van der Waals surface area (Å²) in [5, 5.41) is 0.788. The van der Waals surface area contributed by atoms with Gasteiger partial charge in [-0.25, -0.2) is 4.98 Å². The van der Waals surface area contributed by atoms with E-state index >= 15 is 0 Å². The molecule has 0 aliphatic carbocycles. The van der Waals surface area contributed by atoms with Crippen molar-refractivity contribution in [3.8, 4) is 0 Å². The fourth-order valence-corrected chi connectivity index (χ4v) is 1.86. The molecule has 1 aromatic heterocycles. The number of halogens is 1. The molecule has 0 radical (unpaired) electrons. The average Bonchev–Trinajstić information content (AvgIpc) is 2.80. The monoisotopic (exact) mass is 232 g/mol. The van der Waals surface area contributed by atoms with Gasteiger partial charge in [-0.3, -0.25) is 0 Å². The Labute approximate surface area is 100 Å². The first-order chi connectivity index (χ1) is 7.81. The van der Waals surface area contributed by atoms with Crippen LogP contribution in [0.15, 0.2) is 43.0 Å². The minimum absolute atomic E-state index is 0.788. The van der Waals surface area contributed by atoms with Crippen LogP contribution in [0.25, 0.3) is 11.8 Å². The van der Waals surface area contributed by atoms with Crippen molar-refractivity contribution in [3.63, 3.8) is 0 Å². The van der Waals surface area contributed by atoms with Crippen LogP contribution in [-0.4, -0.2) is 9.55 Å². The largest absolute Gasteiger partial charge is 0.313 e. The highest BCUT2D eigenvalue weighted by molar-refractivity contribution is 6.32. The number of nitrogens with zero attached hydrogens (tertiary/aromatic N) is 2. The number of imidazole rings is 1. The van der Waals surface area contributed by atoms with E-state index in [0.29, 0.717) is 0 Å². The highest BCUT2D eigenvalue weighted by Gasteiger charge is 2.03. The topological polar surface area (TPSA) is 17.8 Å². The summed E-state index contributed by atoms with van der Waals surface area (Å²) in [6.07, 6.45) is 8.42. The highest BCUT2D eigenvalue weighted by Crippen LogP contribution is 2.26. The van der Waals surface area contributed by atoms with Crippen LogP contribution < -0.4 is 0 Å². The van der Waals surface area contributed by atoms with Crippen LogP contribution in [0, 0.1) is 0 Å². The maximum atomic E-state index is 6.17. The van der Waals surface area contributed by atoms with E-state index in [0.717, 1.165) is 17.0 Å². The molecule has 0 N–H and O–H groups in total. The average molecular weight is 233 g/mol. The van der Waals surface area contributed by atoms with Crippen molar-refractivity contribution >= 4 is 23.4 Å². The smallest absolute Gasteiger partial charge is 0.0986 e. The Bertz CT molecular complexity index is 486. The van der Waals surface area contributed by atoms with Crippen molar-refractivity contribution in [1.29, 1.82) is 0 Å². The van der Waals surface area contributed by atoms with Gasteiger partial charge in [0.05, 0.1) is 6.33 Å². The van der Waals surface area contributed by atoms with Crippen LogP contribution in [0.4, 0.5) is 0 Å². The molecule has 82 valence electrons. The molecular formula is C13H13ClN2. The van der Waals surface area contributed by atoms with E-state index < -0.39 is 0 Å². The van der Waals surface area contributed by atoms with Crippen molar-refractivity contribution in [1.82, 2.24) is 9.55 Å². The van der Waals surface area contributed by atoms with E-state index in [4.69, 9.17) is 11.6 Å². The number of benzene rings is 1. The molecule has 0 aliphatic heterocycles. The predicted molar refractivity (Wildman–Crippen MR) is 68.1 cm³/mol. The third-order valence-electron chi connectivity index (χ3n) is 2.43. The minimum Gasteiger partial charge on any atom is -0.313 e. The van der Waals surface area contributed by atoms with Gasteiger partial charge < -0.3 is 4.57 Å². The minimum atomic E-state index is 0.788. The summed E-state index contributed by atoms with van der Waals surface area (Å²) in [6.45, 7) is 2.12. The molecular weight excluding hydrogens is 220 g/mol. The number of hydrogen-bond donors (Lipinski definition) is 0. The summed E-state index contributed by atoms with van der Waals surface area (Å²) in [5.74, 6) is 0. The summed E-state index contributed by atoms with van der Waals surface area (Å²) < 4.78 is 1.93. The molecule has 0 saturated heterocycles. The van der Waals surface area contributed by atoms with Crippen molar-refractivity contribution in [3.05, 3.63) is 53.6 Å². The fourth-order valence-electron chi connectivity index (χ4n) is 1.60. The molecule has 2 rings (SSSR count). The van der Waals surface area contributed by atoms with Crippen LogP contribution in [0.5, 0.6) is 0 Å². The lowest BCUT2D eigenvalue weighted by atomic mass is 10.0. The predicted octanol–water partition coefficient (Wildman–Crippen LogP) is 3.94. The molecule has 16 heavy (non-hydrogen) atoms. The molecule has 0 bridgehead atoms. The van der Waals surface area contributed by atoms with E-state index in [9.17, 15) is 0 Å². The van der Waals surface area contributed by atoms with Crippen LogP contribution in [0.1, 0.15) is 18.9 Å². The van der Waals surface area contributed by atoms with Gasteiger partial charge in [0.2, 0.25) is 0 Å². The Morgan fingerprint density at radius 2 is 2.25 bits per heavy atom. The van der Waals surface area contributed by atoms with Gasteiger partial charge in [-0.15, -0.1) is 0 Å². The third kappa shape index (κ3) is 2.34. The number of allylic oxidation sites excluding steroid dienone is 1. The molecule has 0 amide bonds. The van der Waals surface area contributed by atoms with Gasteiger partial charge in [0.1, 0.15) is 0 Å². The molecule has 0 unspecified atom stereocenters. The van der Waals surface area contributed by atoms with Crippen molar-refractivity contribution in [2.24, 2.45) is 0 Å². The third-order valence-corrected chi connectivity index (χ3v) is 2.76. The van der Waals surface area contributed by atoms with Crippen LogP contribution in [-0.2, 0) is 0 Å². The Kier molecular flexibility index (Phi) is 3.42. The van der Waals surface area contributed by atoms with Gasteiger partial charge in [0, 0.05) is 23.6 Å². The first-order valence-electron chi connectivity index (χ1n) is 5.24. The Morgan fingerprint density at radius 3 is 2.88 bits per heavy atom. The molecule has 1 heterocycles. The van der Waals surface area contributed by atoms with E-state index in [1.807, 2.05) is 41.2 Å². The summed E-state index contributed by atoms with van der Waals surface area (Å²) >= 11 is 6.17. The van der Waals surface area contributed by atoms with E-state index in [-0.39, 0.29) is 0 Å². The normalized spacial score (nSPS) is 11.8. The second kappa shape index (κ2) is 4.99. The molecule has 1 aromatic carbocycles. The lowest BCUT2D eigenvalue weighted by Crippen LogP contribution is -1.88. The van der Waals surface area contributed by atoms with Gasteiger partial charge in [-0.2, -0.15) is 0 Å². The second-order valence-electron chi connectivity index (χ2n) is 3.50. The summed E-state index contributed by atoms with van der Waals surface area (Å²) in [6, 6.07) is 7.89. The Balaban J connectivity index is 2.41. The molecule has 2 nitrogen and oxygen atoms in total. The van der Waals surface area contributed by atoms with Crippen molar-refractivity contribution in [2.45, 2.75) is 13.3 Å². The first-order valence-corrected chi connectivity index (χ1v) is 5.62. The Morgan fingerprint density at radius 1 is 1.44 bits per heavy atom. The van der Waals surface area contributed by atoms with Crippen molar-refractivity contribution < 1.29 is 0 Å². The van der Waals surface area contributed by atoms with Gasteiger partial charge in [0.25, 0.3) is 0 Å². The highest BCUT2D eigenvalue weighted by atomic mass is 35.5. The fraction of sp³-hybridized carbons (Fsp3) is 0.154. The summed E-state index contributed by atoms with van der Waals surface area (Å²) in [4.78, 5) is 4.01. The molecule has 3 heteroatoms. The lowest BCUT2D eigenvalue weighted by molar-refractivity contribution is 1.12. The maximum absolute atomic E-state index is 6.17. The molecule has 2 aromatic rings. The zero-order chi connectivity index (χ0) is 11.4. The van der Waals surface area contributed by atoms with Crippen molar-refractivity contribution in [2.75, 3.05) is 0 Å². The summed E-state index contributed by atoms with van der Waals surface area (Å²) in [5.41, 5.74) is 2.28. The number of hydrogen-bond acceptors (Lipinski definition) is 1. The van der Waals surface area contributed by atoms with E-state index in [1.165, 1.54) is 5.57 Å². The molecule has 0 fully saturated rings. The van der Waals surface area contributed by atoms with Gasteiger partial charge in [-0.05, 0) is 23.6 Å². The number of rotatable bonds is 3. The van der Waals surface area contributed by atoms with Crippen LogP contribution >= 0.6 is 11.6 Å². The molecule has 0 atom stereocenters. The lowest BCUT2D eigenvalue weighted by Gasteiger charge is -2.07. The maximum Gasteiger partial charge on any atom is 0.0986 e.